The number of aryl methyl sites for hydroxylation is 1. The molecule has 150 valence electrons. The molecule has 1 fully saturated rings. The highest BCUT2D eigenvalue weighted by Crippen LogP contribution is 2.28. The zero-order valence-corrected chi connectivity index (χ0v) is 17.6. The highest BCUT2D eigenvalue weighted by molar-refractivity contribution is 5.85. The van der Waals surface area contributed by atoms with Gasteiger partial charge in [-0.3, -0.25) is 9.48 Å². The molecule has 1 aromatic heterocycles. The Balaban J connectivity index is 0.00000182. The quantitative estimate of drug-likeness (QED) is 0.759. The number of carbonyl (C=O) groups excluding carboxylic acids is 1. The highest BCUT2D eigenvalue weighted by atomic mass is 35.5. The molecule has 0 saturated carbocycles. The first-order valence-corrected chi connectivity index (χ1v) is 8.74. The van der Waals surface area contributed by atoms with Crippen molar-refractivity contribution >= 4 is 30.7 Å². The standard InChI is InChI=1S/C19H27N5O.2ClH/c1-23(2)18(14-7-5-4-6-8-14)12-21-19(25)17-11-20-10-16(17)15-9-22-24(3)13-15;;/h4-9,13,16-18,20H,10-12H2,1-3H3,(H,21,25);2*1H/t16-,17+,18?;;/m1../s1. The average molecular weight is 414 g/mol. The summed E-state index contributed by atoms with van der Waals surface area (Å²) in [6, 6.07) is 10.5. The molecule has 2 heterocycles. The predicted octanol–water partition coefficient (Wildman–Crippen LogP) is 1.99. The van der Waals surface area contributed by atoms with Gasteiger partial charge < -0.3 is 15.5 Å². The van der Waals surface area contributed by atoms with Crippen LogP contribution in [0.5, 0.6) is 0 Å². The van der Waals surface area contributed by atoms with E-state index in [1.165, 1.54) is 5.56 Å². The lowest BCUT2D eigenvalue weighted by molar-refractivity contribution is -0.125. The largest absolute Gasteiger partial charge is 0.354 e. The van der Waals surface area contributed by atoms with Gasteiger partial charge in [-0.1, -0.05) is 30.3 Å². The molecule has 27 heavy (non-hydrogen) atoms. The third kappa shape index (κ3) is 5.69. The van der Waals surface area contributed by atoms with Crippen LogP contribution in [-0.2, 0) is 11.8 Å². The molecule has 3 rings (SSSR count). The van der Waals surface area contributed by atoms with Crippen molar-refractivity contribution in [3.63, 3.8) is 0 Å². The van der Waals surface area contributed by atoms with Gasteiger partial charge in [0.05, 0.1) is 18.2 Å². The molecule has 1 aliphatic heterocycles. The van der Waals surface area contributed by atoms with Gasteiger partial charge in [-0.25, -0.2) is 0 Å². The number of aromatic nitrogens is 2. The van der Waals surface area contributed by atoms with Crippen LogP contribution in [0.25, 0.3) is 0 Å². The topological polar surface area (TPSA) is 62.2 Å². The first-order chi connectivity index (χ1) is 12.1. The summed E-state index contributed by atoms with van der Waals surface area (Å²) in [5, 5.41) is 10.8. The lowest BCUT2D eigenvalue weighted by Gasteiger charge is -2.26. The van der Waals surface area contributed by atoms with E-state index in [0.717, 1.165) is 12.1 Å². The molecule has 1 unspecified atom stereocenters. The number of carbonyl (C=O) groups is 1. The summed E-state index contributed by atoms with van der Waals surface area (Å²) in [6.07, 6.45) is 3.87. The van der Waals surface area contributed by atoms with Crippen LogP contribution < -0.4 is 10.6 Å². The molecule has 0 aliphatic carbocycles. The van der Waals surface area contributed by atoms with Crippen LogP contribution in [-0.4, -0.2) is 54.3 Å². The second-order valence-electron chi connectivity index (χ2n) is 6.95. The summed E-state index contributed by atoms with van der Waals surface area (Å²) < 4.78 is 1.79. The fourth-order valence-corrected chi connectivity index (χ4v) is 3.54. The van der Waals surface area contributed by atoms with Crippen molar-refractivity contribution < 1.29 is 4.79 Å². The van der Waals surface area contributed by atoms with Crippen LogP contribution in [0.2, 0.25) is 0 Å². The van der Waals surface area contributed by atoms with Crippen molar-refractivity contribution in [1.29, 1.82) is 0 Å². The summed E-state index contributed by atoms with van der Waals surface area (Å²) in [7, 11) is 5.99. The summed E-state index contributed by atoms with van der Waals surface area (Å²) in [6.45, 7) is 2.13. The third-order valence-corrected chi connectivity index (χ3v) is 4.98. The molecule has 2 aromatic rings. The minimum Gasteiger partial charge on any atom is -0.354 e. The van der Waals surface area contributed by atoms with Crippen LogP contribution in [0.4, 0.5) is 0 Å². The van der Waals surface area contributed by atoms with Gasteiger partial charge >= 0.3 is 0 Å². The van der Waals surface area contributed by atoms with Crippen LogP contribution in [0.15, 0.2) is 42.7 Å². The zero-order chi connectivity index (χ0) is 17.8. The normalized spacial score (nSPS) is 19.9. The number of hydrogen-bond donors (Lipinski definition) is 2. The van der Waals surface area contributed by atoms with Gasteiger partial charge in [0, 0.05) is 38.8 Å². The Morgan fingerprint density at radius 2 is 2.00 bits per heavy atom. The van der Waals surface area contributed by atoms with Gasteiger partial charge in [-0.05, 0) is 25.2 Å². The molecule has 6 nitrogen and oxygen atoms in total. The minimum absolute atomic E-state index is 0. The molecule has 1 aromatic carbocycles. The molecule has 0 radical (unpaired) electrons. The Labute approximate surface area is 173 Å². The summed E-state index contributed by atoms with van der Waals surface area (Å²) in [5.41, 5.74) is 2.33. The number of nitrogens with zero attached hydrogens (tertiary/aromatic N) is 3. The number of amides is 1. The molecule has 8 heteroatoms. The molecule has 1 amide bonds. The number of rotatable bonds is 6. The lowest BCUT2D eigenvalue weighted by atomic mass is 9.90. The van der Waals surface area contributed by atoms with Gasteiger partial charge in [-0.15, -0.1) is 24.8 Å². The maximum absolute atomic E-state index is 12.8. The number of hydrogen-bond acceptors (Lipinski definition) is 4. The van der Waals surface area contributed by atoms with Crippen molar-refractivity contribution in [1.82, 2.24) is 25.3 Å². The maximum atomic E-state index is 12.8. The molecule has 2 N–H and O–H groups in total. The van der Waals surface area contributed by atoms with Crippen molar-refractivity contribution in [3.05, 3.63) is 53.9 Å². The van der Waals surface area contributed by atoms with Crippen LogP contribution >= 0.6 is 24.8 Å². The van der Waals surface area contributed by atoms with Crippen LogP contribution in [0, 0.1) is 5.92 Å². The second-order valence-corrected chi connectivity index (χ2v) is 6.95. The fourth-order valence-electron chi connectivity index (χ4n) is 3.54. The molecule has 1 aliphatic rings. The van der Waals surface area contributed by atoms with E-state index < -0.39 is 0 Å². The van der Waals surface area contributed by atoms with E-state index in [-0.39, 0.29) is 48.6 Å². The van der Waals surface area contributed by atoms with Crippen molar-refractivity contribution in [3.8, 4) is 0 Å². The van der Waals surface area contributed by atoms with Gasteiger partial charge in [0.1, 0.15) is 0 Å². The van der Waals surface area contributed by atoms with Gasteiger partial charge in [0.2, 0.25) is 5.91 Å². The lowest BCUT2D eigenvalue weighted by Crippen LogP contribution is -2.39. The smallest absolute Gasteiger partial charge is 0.225 e. The van der Waals surface area contributed by atoms with E-state index >= 15 is 0 Å². The van der Waals surface area contributed by atoms with Crippen LogP contribution in [0.1, 0.15) is 23.1 Å². The number of nitrogens with one attached hydrogen (secondary N) is 2. The Hall–Kier alpha value is -1.60. The minimum atomic E-state index is -0.0530. The third-order valence-electron chi connectivity index (χ3n) is 4.98. The fraction of sp³-hybridized carbons (Fsp3) is 0.474. The van der Waals surface area contributed by atoms with Crippen LogP contribution in [0.3, 0.4) is 0 Å². The first kappa shape index (κ1) is 23.4. The van der Waals surface area contributed by atoms with Gasteiger partial charge in [-0.2, -0.15) is 5.10 Å². The van der Waals surface area contributed by atoms with E-state index in [1.807, 2.05) is 51.7 Å². The number of halogens is 2. The Morgan fingerprint density at radius 3 is 2.59 bits per heavy atom. The monoisotopic (exact) mass is 413 g/mol. The summed E-state index contributed by atoms with van der Waals surface area (Å²) in [4.78, 5) is 14.9. The van der Waals surface area contributed by atoms with E-state index in [9.17, 15) is 4.79 Å². The molecule has 1 saturated heterocycles. The molecular weight excluding hydrogens is 385 g/mol. The zero-order valence-electron chi connectivity index (χ0n) is 16.0. The Morgan fingerprint density at radius 1 is 1.30 bits per heavy atom. The Bertz CT molecular complexity index is 707. The summed E-state index contributed by atoms with van der Waals surface area (Å²) >= 11 is 0. The molecule has 0 spiro atoms. The van der Waals surface area contributed by atoms with E-state index in [2.05, 4.69) is 32.8 Å². The van der Waals surface area contributed by atoms with Crippen molar-refractivity contribution in [2.24, 2.45) is 13.0 Å². The highest BCUT2D eigenvalue weighted by Gasteiger charge is 2.34. The molecular formula is C19H29Cl2N5O. The van der Waals surface area contributed by atoms with E-state index in [1.54, 1.807) is 4.68 Å². The summed E-state index contributed by atoms with van der Waals surface area (Å²) in [5.74, 6) is 0.243. The van der Waals surface area contributed by atoms with Gasteiger partial charge in [0.25, 0.3) is 0 Å². The first-order valence-electron chi connectivity index (χ1n) is 8.74. The predicted molar refractivity (Wildman–Crippen MR) is 113 cm³/mol. The molecule has 3 atom stereocenters. The maximum Gasteiger partial charge on any atom is 0.225 e. The molecule has 0 bridgehead atoms. The van der Waals surface area contributed by atoms with E-state index in [0.29, 0.717) is 13.1 Å². The average Bonchev–Trinajstić information content (AvgIpc) is 3.24. The van der Waals surface area contributed by atoms with E-state index in [4.69, 9.17) is 0 Å². The number of benzene rings is 1. The van der Waals surface area contributed by atoms with Gasteiger partial charge in [0.15, 0.2) is 0 Å². The Kier molecular flexibility index (Phi) is 9.26. The number of likely N-dealkylation sites (N-methyl/N-ethyl adjacent to an activating group) is 1. The van der Waals surface area contributed by atoms with Crippen molar-refractivity contribution in [2.45, 2.75) is 12.0 Å². The SMILES string of the molecule is CN(C)C(CNC(=O)[C@H]1CNC[C@@H]1c1cnn(C)c1)c1ccccc1.Cl.Cl. The second kappa shape index (κ2) is 10.7. The van der Waals surface area contributed by atoms with Crippen molar-refractivity contribution in [2.75, 3.05) is 33.7 Å².